The third kappa shape index (κ3) is 64.8. The SMILES string of the molecule is CCCCCCCCCCCCCCCCC(=O)OC[C@H](COP(=O)(O)OC[C@@H](O)COP(=O)(O)OC[C@@H](COC(=O)CCCCCCCCC(C)C)OC(=O)CCCCCCCCCCCCC(C)C)OC(=O)CCCCCCCCCCCCCCCC. The molecule has 0 aromatic heterocycles. The highest BCUT2D eigenvalue weighted by molar-refractivity contribution is 7.47. The maximum atomic E-state index is 13.0. The van der Waals surface area contributed by atoms with Gasteiger partial charge in [-0.15, -0.1) is 0 Å². The fourth-order valence-corrected chi connectivity index (χ4v) is 12.3. The van der Waals surface area contributed by atoms with Gasteiger partial charge in [0.25, 0.3) is 0 Å². The molecule has 3 N–H and O–H groups in total. The number of aliphatic hydroxyl groups is 1. The van der Waals surface area contributed by atoms with E-state index in [0.29, 0.717) is 31.6 Å². The van der Waals surface area contributed by atoms with Gasteiger partial charge in [0.2, 0.25) is 0 Å². The van der Waals surface area contributed by atoms with Crippen LogP contribution in [0.15, 0.2) is 0 Å². The van der Waals surface area contributed by atoms with Crippen LogP contribution in [-0.2, 0) is 65.4 Å². The maximum Gasteiger partial charge on any atom is 0.472 e. The van der Waals surface area contributed by atoms with E-state index in [9.17, 15) is 43.2 Å². The van der Waals surface area contributed by atoms with Crippen molar-refractivity contribution in [3.8, 4) is 0 Å². The van der Waals surface area contributed by atoms with E-state index < -0.39 is 97.5 Å². The van der Waals surface area contributed by atoms with Gasteiger partial charge in [0, 0.05) is 25.7 Å². The smallest absolute Gasteiger partial charge is 0.462 e. The van der Waals surface area contributed by atoms with Crippen molar-refractivity contribution in [3.63, 3.8) is 0 Å². The molecule has 0 aliphatic carbocycles. The molecule has 0 spiro atoms. The van der Waals surface area contributed by atoms with Gasteiger partial charge in [-0.25, -0.2) is 9.13 Å². The molecule has 0 bridgehead atoms. The predicted molar refractivity (Wildman–Crippen MR) is 363 cm³/mol. The highest BCUT2D eigenvalue weighted by atomic mass is 31.2. The van der Waals surface area contributed by atoms with Crippen LogP contribution in [0.4, 0.5) is 0 Å². The van der Waals surface area contributed by atoms with Gasteiger partial charge >= 0.3 is 39.5 Å². The van der Waals surface area contributed by atoms with Crippen molar-refractivity contribution in [2.45, 2.75) is 381 Å². The summed E-state index contributed by atoms with van der Waals surface area (Å²) in [6.45, 7) is 9.47. The van der Waals surface area contributed by atoms with Gasteiger partial charge in [-0.3, -0.25) is 37.3 Å². The molecule has 534 valence electrons. The van der Waals surface area contributed by atoms with Gasteiger partial charge in [0.15, 0.2) is 12.2 Å². The Morgan fingerprint density at radius 2 is 0.511 bits per heavy atom. The van der Waals surface area contributed by atoms with Crippen molar-refractivity contribution < 1.29 is 80.2 Å². The van der Waals surface area contributed by atoms with Crippen LogP contribution in [0.3, 0.4) is 0 Å². The molecule has 0 amide bonds. The molecule has 5 atom stereocenters. The zero-order valence-electron chi connectivity index (χ0n) is 58.4. The fraction of sp³-hybridized carbons (Fsp3) is 0.944. The summed E-state index contributed by atoms with van der Waals surface area (Å²) in [5.74, 6) is -0.691. The molecule has 0 radical (unpaired) electrons. The van der Waals surface area contributed by atoms with E-state index in [1.807, 2.05) is 0 Å². The molecule has 0 saturated carbocycles. The molecule has 19 heteroatoms. The first kappa shape index (κ1) is 88.1. The van der Waals surface area contributed by atoms with E-state index in [1.54, 1.807) is 0 Å². The highest BCUT2D eigenvalue weighted by Crippen LogP contribution is 2.45. The molecule has 17 nitrogen and oxygen atoms in total. The summed E-state index contributed by atoms with van der Waals surface area (Å²) >= 11 is 0. The Labute approximate surface area is 549 Å². The number of hydrogen-bond donors (Lipinski definition) is 3. The van der Waals surface area contributed by atoms with Crippen molar-refractivity contribution in [2.24, 2.45) is 11.8 Å². The second kappa shape index (κ2) is 63.1. The van der Waals surface area contributed by atoms with E-state index in [-0.39, 0.29) is 25.7 Å². The third-order valence-corrected chi connectivity index (χ3v) is 18.4. The van der Waals surface area contributed by atoms with Crippen LogP contribution in [-0.4, -0.2) is 96.7 Å². The molecule has 2 unspecified atom stereocenters. The van der Waals surface area contributed by atoms with Crippen molar-refractivity contribution in [1.29, 1.82) is 0 Å². The molecule has 0 aliphatic rings. The molecule has 90 heavy (non-hydrogen) atoms. The number of hydrogen-bond acceptors (Lipinski definition) is 15. The number of phosphoric ester groups is 2. The van der Waals surface area contributed by atoms with Crippen LogP contribution in [0.2, 0.25) is 0 Å². The lowest BCUT2D eigenvalue weighted by Crippen LogP contribution is -2.30. The fourth-order valence-electron chi connectivity index (χ4n) is 10.8. The molecule has 0 aromatic rings. The number of unbranched alkanes of at least 4 members (excludes halogenated alkanes) is 40. The molecule has 0 saturated heterocycles. The zero-order valence-corrected chi connectivity index (χ0v) is 60.2. The van der Waals surface area contributed by atoms with Crippen LogP contribution in [0.25, 0.3) is 0 Å². The number of phosphoric acid groups is 2. The topological polar surface area (TPSA) is 237 Å². The van der Waals surface area contributed by atoms with Gasteiger partial charge < -0.3 is 33.8 Å². The second-order valence-corrected chi connectivity index (χ2v) is 29.5. The predicted octanol–water partition coefficient (Wildman–Crippen LogP) is 20.4. The Kier molecular flexibility index (Phi) is 61.8. The van der Waals surface area contributed by atoms with Gasteiger partial charge in [-0.05, 0) is 37.5 Å². The molecule has 0 fully saturated rings. The first-order chi connectivity index (χ1) is 43.4. The summed E-state index contributed by atoms with van der Waals surface area (Å²) in [5, 5.41) is 10.6. The van der Waals surface area contributed by atoms with Crippen LogP contribution in [0, 0.1) is 11.8 Å². The first-order valence-electron chi connectivity index (χ1n) is 37.0. The molecule has 0 rings (SSSR count). The molecule has 0 aliphatic heterocycles. The van der Waals surface area contributed by atoms with Gasteiger partial charge in [-0.1, -0.05) is 311 Å². The summed E-state index contributed by atoms with van der Waals surface area (Å²) < 4.78 is 68.3. The number of esters is 4. The number of rotatable bonds is 70. The summed E-state index contributed by atoms with van der Waals surface area (Å²) in [5.41, 5.74) is 0. The lowest BCUT2D eigenvalue weighted by atomic mass is 10.0. The van der Waals surface area contributed by atoms with E-state index in [2.05, 4.69) is 41.5 Å². The van der Waals surface area contributed by atoms with Crippen molar-refractivity contribution in [3.05, 3.63) is 0 Å². The average Bonchev–Trinajstić information content (AvgIpc) is 2.87. The Morgan fingerprint density at radius 3 is 0.756 bits per heavy atom. The summed E-state index contributed by atoms with van der Waals surface area (Å²) in [6, 6.07) is 0. The van der Waals surface area contributed by atoms with E-state index in [1.165, 1.54) is 173 Å². The van der Waals surface area contributed by atoms with E-state index in [4.69, 9.17) is 37.0 Å². The minimum atomic E-state index is -4.95. The summed E-state index contributed by atoms with van der Waals surface area (Å²) in [4.78, 5) is 72.6. The Balaban J connectivity index is 5.24. The summed E-state index contributed by atoms with van der Waals surface area (Å²) in [7, 11) is -9.90. The second-order valence-electron chi connectivity index (χ2n) is 26.6. The first-order valence-corrected chi connectivity index (χ1v) is 40.0. The largest absolute Gasteiger partial charge is 0.472 e. The molecular formula is C71H138O17P2. The quantitative estimate of drug-likeness (QED) is 0.0222. The molecule has 0 aromatic carbocycles. The van der Waals surface area contributed by atoms with Gasteiger partial charge in [0.1, 0.15) is 19.3 Å². The lowest BCUT2D eigenvalue weighted by molar-refractivity contribution is -0.161. The molecular weight excluding hydrogens is 1190 g/mol. The number of ether oxygens (including phenoxy) is 4. The normalized spacial score (nSPS) is 14.1. The van der Waals surface area contributed by atoms with Crippen LogP contribution < -0.4 is 0 Å². The lowest BCUT2D eigenvalue weighted by Gasteiger charge is -2.21. The monoisotopic (exact) mass is 1320 g/mol. The minimum absolute atomic E-state index is 0.105. The van der Waals surface area contributed by atoms with Crippen molar-refractivity contribution in [2.75, 3.05) is 39.6 Å². The highest BCUT2D eigenvalue weighted by Gasteiger charge is 2.30. The van der Waals surface area contributed by atoms with Gasteiger partial charge in [0.05, 0.1) is 26.4 Å². The molecule has 0 heterocycles. The Hall–Kier alpha value is -1.94. The van der Waals surface area contributed by atoms with Gasteiger partial charge in [-0.2, -0.15) is 0 Å². The minimum Gasteiger partial charge on any atom is -0.462 e. The number of carbonyl (C=O) groups is 4. The third-order valence-electron chi connectivity index (χ3n) is 16.5. The van der Waals surface area contributed by atoms with Crippen LogP contribution >= 0.6 is 15.6 Å². The number of carbonyl (C=O) groups excluding carboxylic acids is 4. The summed E-state index contributed by atoms with van der Waals surface area (Å²) in [6.07, 6.45) is 48.6. The Bertz CT molecular complexity index is 1750. The van der Waals surface area contributed by atoms with E-state index >= 15 is 0 Å². The maximum absolute atomic E-state index is 13.0. The number of aliphatic hydroxyl groups excluding tert-OH is 1. The van der Waals surface area contributed by atoms with Crippen LogP contribution in [0.5, 0.6) is 0 Å². The Morgan fingerprint density at radius 1 is 0.300 bits per heavy atom. The van der Waals surface area contributed by atoms with E-state index in [0.717, 1.165) is 102 Å². The standard InChI is InChI=1S/C71H138O17P2/c1-7-9-11-13-15-17-19-21-23-25-30-34-41-47-53-68(73)81-59-66(87-70(75)55-49-43-35-31-26-24-22-20-18-16-14-12-10-8-2)61-85-89(77,78)83-57-65(72)58-84-90(79,80)86-62-67(60-82-69(74)54-48-42-38-37-40-46-52-64(5)6)88-71(76)56-50-44-36-32-28-27-29-33-39-45-51-63(3)4/h63-67,72H,7-62H2,1-6H3,(H,77,78)(H,79,80)/t65-,66-,67-/m1/s1. The van der Waals surface area contributed by atoms with Crippen molar-refractivity contribution in [1.82, 2.24) is 0 Å². The zero-order chi connectivity index (χ0) is 66.5. The average molecular weight is 1330 g/mol. The van der Waals surface area contributed by atoms with Crippen molar-refractivity contribution >= 4 is 39.5 Å². The van der Waals surface area contributed by atoms with Crippen LogP contribution in [0.1, 0.15) is 363 Å².